The first-order valence-electron chi connectivity index (χ1n) is 9.60. The van der Waals surface area contributed by atoms with Gasteiger partial charge < -0.3 is 0 Å². The van der Waals surface area contributed by atoms with Crippen molar-refractivity contribution in [1.29, 1.82) is 0 Å². The maximum absolute atomic E-state index is 4.57. The van der Waals surface area contributed by atoms with E-state index in [1.54, 1.807) is 6.33 Å². The molecule has 1 aliphatic heterocycles. The van der Waals surface area contributed by atoms with Crippen molar-refractivity contribution >= 4 is 11.8 Å². The Labute approximate surface area is 169 Å². The van der Waals surface area contributed by atoms with Crippen molar-refractivity contribution in [2.24, 2.45) is 0 Å². The van der Waals surface area contributed by atoms with Crippen LogP contribution in [0.25, 0.3) is 0 Å². The molecule has 0 aliphatic carbocycles. The maximum atomic E-state index is 4.57. The molecule has 0 saturated heterocycles. The first-order chi connectivity index (χ1) is 13.9. The van der Waals surface area contributed by atoms with E-state index < -0.39 is 0 Å². The van der Waals surface area contributed by atoms with Gasteiger partial charge in [0.05, 0.1) is 10.00 Å². The largest absolute Gasteiger partial charge is 0.249 e. The smallest absolute Gasteiger partial charge is 0.140 e. The molecule has 0 N–H and O–H groups in total. The van der Waals surface area contributed by atoms with E-state index >= 15 is 0 Å². The Morgan fingerprint density at radius 1 is 0.750 bits per heavy atom. The number of aromatic nitrogens is 3. The summed E-state index contributed by atoms with van der Waals surface area (Å²) in [6, 6.07) is 32.5. The van der Waals surface area contributed by atoms with Crippen LogP contribution >= 0.6 is 11.8 Å². The molecule has 28 heavy (non-hydrogen) atoms. The molecule has 138 valence electrons. The molecule has 1 unspecified atom stereocenters. The van der Waals surface area contributed by atoms with Crippen LogP contribution in [0.15, 0.2) is 97.3 Å². The Kier molecular flexibility index (Phi) is 4.49. The van der Waals surface area contributed by atoms with Crippen LogP contribution in [-0.2, 0) is 11.3 Å². The zero-order valence-electron chi connectivity index (χ0n) is 15.5. The number of aryl methyl sites for hydroxylation is 1. The zero-order chi connectivity index (χ0) is 18.8. The molecule has 3 aromatic carbocycles. The number of hydrogen-bond donors (Lipinski definition) is 0. The molecular formula is C24H21N3S. The van der Waals surface area contributed by atoms with Crippen molar-refractivity contribution in [2.75, 3.05) is 0 Å². The molecule has 4 aromatic rings. The van der Waals surface area contributed by atoms with Gasteiger partial charge in [0.1, 0.15) is 12.2 Å². The fraction of sp³-hybridized carbons (Fsp3) is 0.167. The monoisotopic (exact) mass is 383 g/mol. The van der Waals surface area contributed by atoms with Gasteiger partial charge >= 0.3 is 0 Å². The molecule has 0 saturated carbocycles. The number of benzene rings is 3. The van der Waals surface area contributed by atoms with E-state index in [1.807, 2.05) is 16.4 Å². The summed E-state index contributed by atoms with van der Waals surface area (Å²) in [6.07, 6.45) is 2.73. The second kappa shape index (κ2) is 7.28. The van der Waals surface area contributed by atoms with Gasteiger partial charge in [-0.3, -0.25) is 0 Å². The minimum Gasteiger partial charge on any atom is -0.249 e. The zero-order valence-corrected chi connectivity index (χ0v) is 16.3. The van der Waals surface area contributed by atoms with Crippen LogP contribution in [0.3, 0.4) is 0 Å². The highest BCUT2D eigenvalue weighted by Gasteiger charge is 2.41. The number of hydrogen-bond acceptors (Lipinski definition) is 3. The van der Waals surface area contributed by atoms with Crippen LogP contribution in [0.1, 0.15) is 34.2 Å². The minimum atomic E-state index is -0.310. The second-order valence-electron chi connectivity index (χ2n) is 7.02. The lowest BCUT2D eigenvalue weighted by atomic mass is 9.84. The van der Waals surface area contributed by atoms with Crippen LogP contribution in [0, 0.1) is 0 Å². The van der Waals surface area contributed by atoms with Crippen LogP contribution in [0.2, 0.25) is 0 Å². The fourth-order valence-electron chi connectivity index (χ4n) is 4.11. The summed E-state index contributed by atoms with van der Waals surface area (Å²) in [7, 11) is 0. The average Bonchev–Trinajstić information content (AvgIpc) is 3.39. The van der Waals surface area contributed by atoms with Crippen LogP contribution < -0.4 is 0 Å². The highest BCUT2D eigenvalue weighted by atomic mass is 32.2. The molecule has 3 nitrogen and oxygen atoms in total. The van der Waals surface area contributed by atoms with Crippen LogP contribution in [0.4, 0.5) is 0 Å². The van der Waals surface area contributed by atoms with Gasteiger partial charge in [0, 0.05) is 6.54 Å². The Balaban J connectivity index is 1.73. The van der Waals surface area contributed by atoms with E-state index in [9.17, 15) is 0 Å². The lowest BCUT2D eigenvalue weighted by Gasteiger charge is -2.37. The van der Waals surface area contributed by atoms with Crippen molar-refractivity contribution < 1.29 is 0 Å². The van der Waals surface area contributed by atoms with Crippen LogP contribution in [-0.4, -0.2) is 14.8 Å². The van der Waals surface area contributed by atoms with Crippen molar-refractivity contribution in [3.8, 4) is 0 Å². The Bertz CT molecular complexity index is 948. The van der Waals surface area contributed by atoms with Crippen LogP contribution in [0.5, 0.6) is 0 Å². The molecule has 1 aliphatic rings. The second-order valence-corrected chi connectivity index (χ2v) is 8.43. The summed E-state index contributed by atoms with van der Waals surface area (Å²) in [5, 5.41) is 4.68. The lowest BCUT2D eigenvalue weighted by Crippen LogP contribution is -2.26. The number of rotatable bonds is 5. The standard InChI is InChI=1S/C24H21N3S/c1-4-10-19(11-5-1)24(20-12-6-2-7-13-20,21-14-8-3-9-15-21)28-22-16-17-27-23(22)25-18-26-27/h1-15,18,22H,16-17H2. The molecule has 0 radical (unpaired) electrons. The summed E-state index contributed by atoms with van der Waals surface area (Å²) < 4.78 is 1.74. The van der Waals surface area contributed by atoms with Crippen molar-refractivity contribution in [3.63, 3.8) is 0 Å². The predicted molar refractivity (Wildman–Crippen MR) is 114 cm³/mol. The van der Waals surface area contributed by atoms with Gasteiger partial charge in [-0.15, -0.1) is 11.8 Å². The number of nitrogens with zero attached hydrogens (tertiary/aromatic N) is 3. The van der Waals surface area contributed by atoms with E-state index in [0.29, 0.717) is 5.25 Å². The quantitative estimate of drug-likeness (QED) is 0.430. The molecule has 2 heterocycles. The minimum absolute atomic E-state index is 0.295. The maximum Gasteiger partial charge on any atom is 0.140 e. The topological polar surface area (TPSA) is 30.7 Å². The predicted octanol–water partition coefficient (Wildman–Crippen LogP) is 5.45. The Morgan fingerprint density at radius 3 is 1.75 bits per heavy atom. The van der Waals surface area contributed by atoms with E-state index in [0.717, 1.165) is 18.8 Å². The third-order valence-electron chi connectivity index (χ3n) is 5.40. The van der Waals surface area contributed by atoms with Gasteiger partial charge in [-0.2, -0.15) is 5.10 Å². The first kappa shape index (κ1) is 17.3. The van der Waals surface area contributed by atoms with Crippen molar-refractivity contribution in [3.05, 3.63) is 120 Å². The normalized spacial score (nSPS) is 16.1. The molecule has 0 fully saturated rings. The van der Waals surface area contributed by atoms with Gasteiger partial charge in [0.25, 0.3) is 0 Å². The third-order valence-corrected chi connectivity index (χ3v) is 7.19. The molecule has 1 atom stereocenters. The molecule has 5 rings (SSSR count). The van der Waals surface area contributed by atoms with Gasteiger partial charge in [-0.1, -0.05) is 91.0 Å². The fourth-order valence-corrected chi connectivity index (χ4v) is 5.87. The molecule has 0 bridgehead atoms. The van der Waals surface area contributed by atoms with Gasteiger partial charge in [0.2, 0.25) is 0 Å². The third kappa shape index (κ3) is 2.85. The Morgan fingerprint density at radius 2 is 1.25 bits per heavy atom. The highest BCUT2D eigenvalue weighted by molar-refractivity contribution is 8.00. The van der Waals surface area contributed by atoms with E-state index in [4.69, 9.17) is 0 Å². The average molecular weight is 384 g/mol. The highest BCUT2D eigenvalue weighted by Crippen LogP contribution is 2.55. The Hall–Kier alpha value is -2.85. The van der Waals surface area contributed by atoms with Crippen molar-refractivity contribution in [2.45, 2.75) is 23.0 Å². The first-order valence-corrected chi connectivity index (χ1v) is 10.5. The summed E-state index contributed by atoms with van der Waals surface area (Å²) in [5.41, 5.74) is 3.86. The van der Waals surface area contributed by atoms with E-state index in [-0.39, 0.29) is 4.75 Å². The summed E-state index contributed by atoms with van der Waals surface area (Å²) in [5.74, 6) is 1.08. The molecule has 1 aromatic heterocycles. The van der Waals surface area contributed by atoms with Gasteiger partial charge in [-0.25, -0.2) is 9.67 Å². The molecule has 4 heteroatoms. The molecule has 0 amide bonds. The van der Waals surface area contributed by atoms with Gasteiger partial charge in [0.15, 0.2) is 0 Å². The SMILES string of the molecule is c1ccc(C(SC2CCn3ncnc32)(c2ccccc2)c2ccccc2)cc1. The summed E-state index contributed by atoms with van der Waals surface area (Å²) >= 11 is 1.98. The number of fused-ring (bicyclic) bond motifs is 1. The summed E-state index contributed by atoms with van der Waals surface area (Å²) in [6.45, 7) is 0.932. The van der Waals surface area contributed by atoms with E-state index in [2.05, 4.69) is 101 Å². The lowest BCUT2D eigenvalue weighted by molar-refractivity contribution is 0.655. The molecular weight excluding hydrogens is 362 g/mol. The van der Waals surface area contributed by atoms with Crippen molar-refractivity contribution in [1.82, 2.24) is 14.8 Å². The molecule has 0 spiro atoms. The van der Waals surface area contributed by atoms with E-state index in [1.165, 1.54) is 16.7 Å². The number of thioether (sulfide) groups is 1. The van der Waals surface area contributed by atoms with Gasteiger partial charge in [-0.05, 0) is 23.1 Å². The summed E-state index contributed by atoms with van der Waals surface area (Å²) in [4.78, 5) is 4.57.